The molecule has 4 aromatic carbocycles. The highest BCUT2D eigenvalue weighted by atomic mass is 32.2. The van der Waals surface area contributed by atoms with Crippen LogP contribution in [0.2, 0.25) is 0 Å². The summed E-state index contributed by atoms with van der Waals surface area (Å²) in [6.07, 6.45) is 0.221. The lowest BCUT2D eigenvalue weighted by Crippen LogP contribution is -2.54. The average molecular weight is 616 g/mol. The van der Waals surface area contributed by atoms with Gasteiger partial charge >= 0.3 is 0 Å². The smallest absolute Gasteiger partial charge is 0.264 e. The Bertz CT molecular complexity index is 1680. The van der Waals surface area contributed by atoms with Crippen LogP contribution in [0.3, 0.4) is 0 Å². The van der Waals surface area contributed by atoms with Gasteiger partial charge in [-0.1, -0.05) is 72.3 Å². The minimum Gasteiger partial charge on any atom is -0.352 e. The standard InChI is InChI=1S/C35H38FN3O4S/c1-25(2)37-35(41)33(22-28-11-6-5-7-12-28)38(23-29-13-9-8-10-27(29)4)34(40)24-39(31-18-16-30(36)17-19-31)44(42,43)32-20-14-26(3)15-21-32/h5-21,25,33H,22-24H2,1-4H3,(H,37,41)/t33-/m0/s1. The molecule has 4 aromatic rings. The van der Waals surface area contributed by atoms with Crippen LogP contribution in [0.15, 0.2) is 108 Å². The van der Waals surface area contributed by atoms with Crippen LogP contribution in [-0.4, -0.2) is 43.8 Å². The van der Waals surface area contributed by atoms with Gasteiger partial charge in [0.05, 0.1) is 10.6 Å². The zero-order valence-corrected chi connectivity index (χ0v) is 26.2. The molecule has 0 bridgehead atoms. The van der Waals surface area contributed by atoms with Crippen molar-refractivity contribution in [3.05, 3.63) is 131 Å². The Morgan fingerprint density at radius 2 is 1.43 bits per heavy atom. The normalized spacial score (nSPS) is 12.0. The first-order valence-corrected chi connectivity index (χ1v) is 15.9. The summed E-state index contributed by atoms with van der Waals surface area (Å²) in [7, 11) is -4.25. The lowest BCUT2D eigenvalue weighted by molar-refractivity contribution is -0.140. The minimum absolute atomic E-state index is 0.0101. The Labute approximate surface area is 259 Å². The molecule has 1 atom stereocenters. The van der Waals surface area contributed by atoms with Gasteiger partial charge in [0, 0.05) is 19.0 Å². The number of hydrogen-bond acceptors (Lipinski definition) is 4. The van der Waals surface area contributed by atoms with E-state index in [1.54, 1.807) is 12.1 Å². The van der Waals surface area contributed by atoms with E-state index in [1.165, 1.54) is 29.2 Å². The summed E-state index contributed by atoms with van der Waals surface area (Å²) in [5, 5.41) is 2.95. The molecule has 2 amide bonds. The van der Waals surface area contributed by atoms with Crippen molar-refractivity contribution in [3.8, 4) is 0 Å². The molecule has 0 aliphatic carbocycles. The van der Waals surface area contributed by atoms with Crippen molar-refractivity contribution in [1.29, 1.82) is 0 Å². The number of nitrogens with one attached hydrogen (secondary N) is 1. The van der Waals surface area contributed by atoms with E-state index in [2.05, 4.69) is 5.32 Å². The quantitative estimate of drug-likeness (QED) is 0.218. The molecule has 1 N–H and O–H groups in total. The van der Waals surface area contributed by atoms with Crippen molar-refractivity contribution in [2.24, 2.45) is 0 Å². The number of carbonyl (C=O) groups excluding carboxylic acids is 2. The average Bonchev–Trinajstić information content (AvgIpc) is 2.99. The van der Waals surface area contributed by atoms with Gasteiger partial charge in [-0.05, 0) is 80.8 Å². The number of sulfonamides is 1. The third-order valence-electron chi connectivity index (χ3n) is 7.31. The van der Waals surface area contributed by atoms with E-state index in [4.69, 9.17) is 0 Å². The molecule has 0 fully saturated rings. The highest BCUT2D eigenvalue weighted by Gasteiger charge is 2.35. The molecule has 0 radical (unpaired) electrons. The molecular weight excluding hydrogens is 577 g/mol. The molecule has 0 saturated heterocycles. The highest BCUT2D eigenvalue weighted by molar-refractivity contribution is 7.92. The molecular formula is C35H38FN3O4S. The highest BCUT2D eigenvalue weighted by Crippen LogP contribution is 2.26. The molecule has 0 spiro atoms. The number of rotatable bonds is 12. The predicted octanol–water partition coefficient (Wildman–Crippen LogP) is 5.80. The van der Waals surface area contributed by atoms with E-state index in [1.807, 2.05) is 82.3 Å². The molecule has 44 heavy (non-hydrogen) atoms. The molecule has 0 saturated carbocycles. The van der Waals surface area contributed by atoms with Crippen LogP contribution < -0.4 is 9.62 Å². The summed E-state index contributed by atoms with van der Waals surface area (Å²) >= 11 is 0. The van der Waals surface area contributed by atoms with E-state index in [0.29, 0.717) is 0 Å². The van der Waals surface area contributed by atoms with Crippen LogP contribution >= 0.6 is 0 Å². The van der Waals surface area contributed by atoms with Gasteiger partial charge in [-0.2, -0.15) is 0 Å². The molecule has 230 valence electrons. The van der Waals surface area contributed by atoms with Crippen molar-refractivity contribution in [2.75, 3.05) is 10.8 Å². The van der Waals surface area contributed by atoms with Crippen LogP contribution in [0, 0.1) is 19.7 Å². The van der Waals surface area contributed by atoms with Gasteiger partial charge in [0.15, 0.2) is 0 Å². The van der Waals surface area contributed by atoms with Crippen molar-refractivity contribution in [3.63, 3.8) is 0 Å². The number of benzene rings is 4. The van der Waals surface area contributed by atoms with E-state index in [-0.39, 0.29) is 35.5 Å². The maximum absolute atomic E-state index is 14.4. The molecule has 9 heteroatoms. The van der Waals surface area contributed by atoms with Crippen LogP contribution in [0.4, 0.5) is 10.1 Å². The summed E-state index contributed by atoms with van der Waals surface area (Å²) in [4.78, 5) is 29.6. The monoisotopic (exact) mass is 615 g/mol. The molecule has 0 aliphatic rings. The van der Waals surface area contributed by atoms with Crippen molar-refractivity contribution in [1.82, 2.24) is 10.2 Å². The van der Waals surface area contributed by atoms with E-state index >= 15 is 0 Å². The first-order valence-electron chi connectivity index (χ1n) is 14.5. The Hall–Kier alpha value is -4.50. The van der Waals surface area contributed by atoms with Crippen molar-refractivity contribution >= 4 is 27.5 Å². The fourth-order valence-electron chi connectivity index (χ4n) is 4.88. The second-order valence-corrected chi connectivity index (χ2v) is 13.0. The third-order valence-corrected chi connectivity index (χ3v) is 9.09. The topological polar surface area (TPSA) is 86.8 Å². The Morgan fingerprint density at radius 3 is 2.05 bits per heavy atom. The molecule has 7 nitrogen and oxygen atoms in total. The number of anilines is 1. The van der Waals surface area contributed by atoms with Crippen LogP contribution in [0.1, 0.15) is 36.1 Å². The summed E-state index contributed by atoms with van der Waals surface area (Å²) in [6, 6.07) is 27.1. The molecule has 0 heterocycles. The summed E-state index contributed by atoms with van der Waals surface area (Å²) < 4.78 is 42.9. The molecule has 0 aliphatic heterocycles. The van der Waals surface area contributed by atoms with Crippen molar-refractivity contribution < 1.29 is 22.4 Å². The predicted molar refractivity (Wildman–Crippen MR) is 171 cm³/mol. The van der Waals surface area contributed by atoms with Crippen molar-refractivity contribution in [2.45, 2.75) is 57.6 Å². The second-order valence-electron chi connectivity index (χ2n) is 11.1. The maximum Gasteiger partial charge on any atom is 0.264 e. The largest absolute Gasteiger partial charge is 0.352 e. The van der Waals surface area contributed by atoms with E-state index < -0.39 is 34.3 Å². The van der Waals surface area contributed by atoms with Crippen LogP contribution in [-0.2, 0) is 32.6 Å². The van der Waals surface area contributed by atoms with Gasteiger partial charge in [0.2, 0.25) is 11.8 Å². The van der Waals surface area contributed by atoms with Gasteiger partial charge in [0.1, 0.15) is 18.4 Å². The first-order chi connectivity index (χ1) is 21.0. The molecule has 4 rings (SSSR count). The SMILES string of the molecule is Cc1ccc(S(=O)(=O)N(CC(=O)N(Cc2ccccc2C)[C@@H](Cc2ccccc2)C(=O)NC(C)C)c2ccc(F)cc2)cc1. The summed E-state index contributed by atoms with van der Waals surface area (Å²) in [5.74, 6) is -1.46. The van der Waals surface area contributed by atoms with Gasteiger partial charge in [0.25, 0.3) is 10.0 Å². The lowest BCUT2D eigenvalue weighted by atomic mass is 10.0. The number of aryl methyl sites for hydroxylation is 2. The lowest BCUT2D eigenvalue weighted by Gasteiger charge is -2.34. The number of nitrogens with zero attached hydrogens (tertiary/aromatic N) is 2. The Kier molecular flexibility index (Phi) is 10.5. The number of halogens is 1. The second kappa shape index (κ2) is 14.3. The van der Waals surface area contributed by atoms with Crippen LogP contribution in [0.25, 0.3) is 0 Å². The Balaban J connectivity index is 1.81. The third kappa shape index (κ3) is 8.11. The minimum atomic E-state index is -4.25. The zero-order valence-electron chi connectivity index (χ0n) is 25.4. The first kappa shape index (κ1) is 32.4. The van der Waals surface area contributed by atoms with Crippen LogP contribution in [0.5, 0.6) is 0 Å². The zero-order chi connectivity index (χ0) is 31.9. The maximum atomic E-state index is 14.4. The van der Waals surface area contributed by atoms with Gasteiger partial charge < -0.3 is 10.2 Å². The van der Waals surface area contributed by atoms with Gasteiger partial charge in [-0.3, -0.25) is 13.9 Å². The number of carbonyl (C=O) groups is 2. The van der Waals surface area contributed by atoms with E-state index in [0.717, 1.165) is 38.7 Å². The van der Waals surface area contributed by atoms with Gasteiger partial charge in [-0.25, -0.2) is 12.8 Å². The number of amides is 2. The summed E-state index contributed by atoms with van der Waals surface area (Å²) in [6.45, 7) is 6.93. The Morgan fingerprint density at radius 1 is 0.818 bits per heavy atom. The summed E-state index contributed by atoms with van der Waals surface area (Å²) in [5.41, 5.74) is 3.60. The number of hydrogen-bond donors (Lipinski definition) is 1. The fraction of sp³-hybridized carbons (Fsp3) is 0.257. The fourth-order valence-corrected chi connectivity index (χ4v) is 6.29. The van der Waals surface area contributed by atoms with Gasteiger partial charge in [-0.15, -0.1) is 0 Å². The molecule has 0 unspecified atom stereocenters. The molecule has 0 aromatic heterocycles. The van der Waals surface area contributed by atoms with E-state index in [9.17, 15) is 22.4 Å².